The first-order chi connectivity index (χ1) is 7.80. The van der Waals surface area contributed by atoms with Gasteiger partial charge in [0.25, 0.3) is 0 Å². The summed E-state index contributed by atoms with van der Waals surface area (Å²) in [6.07, 6.45) is -0.960. The van der Waals surface area contributed by atoms with E-state index in [9.17, 15) is 9.90 Å². The molecular formula is C11H10Cl4O2. The van der Waals surface area contributed by atoms with Gasteiger partial charge in [-0.2, -0.15) is 0 Å². The van der Waals surface area contributed by atoms with Crippen molar-refractivity contribution in [3.8, 4) is 0 Å². The fourth-order valence-electron chi connectivity index (χ4n) is 1.21. The van der Waals surface area contributed by atoms with Crippen molar-refractivity contribution < 1.29 is 9.90 Å². The van der Waals surface area contributed by atoms with Crippen LogP contribution in [0, 0.1) is 0 Å². The van der Waals surface area contributed by atoms with Crippen LogP contribution in [0.4, 0.5) is 0 Å². The number of hydrogen-bond acceptors (Lipinski definition) is 2. The lowest BCUT2D eigenvalue weighted by Gasteiger charge is -2.18. The van der Waals surface area contributed by atoms with Crippen LogP contribution < -0.4 is 0 Å². The second kappa shape index (κ2) is 6.26. The number of alkyl halides is 3. The van der Waals surface area contributed by atoms with Crippen LogP contribution in [0.1, 0.15) is 23.2 Å². The van der Waals surface area contributed by atoms with E-state index in [1.165, 1.54) is 0 Å². The normalized spacial score (nSPS) is 13.5. The van der Waals surface area contributed by atoms with E-state index in [1.54, 1.807) is 24.3 Å². The standard InChI is InChI=1S/C11H10Cl4O2/c12-8-3-1-7(2-4-8)9(16)5-6-10(17)11(13,14)15/h1-4,10,17H,5-6H2. The fourth-order valence-corrected chi connectivity index (χ4v) is 1.66. The van der Waals surface area contributed by atoms with Gasteiger partial charge in [0.1, 0.15) is 6.10 Å². The minimum Gasteiger partial charge on any atom is -0.389 e. The molecule has 1 aromatic carbocycles. The molecule has 0 heterocycles. The average molecular weight is 316 g/mol. The summed E-state index contributed by atoms with van der Waals surface area (Å²) in [7, 11) is 0. The van der Waals surface area contributed by atoms with Crippen LogP contribution in [0.5, 0.6) is 0 Å². The molecule has 0 fully saturated rings. The number of hydrogen-bond donors (Lipinski definition) is 1. The zero-order valence-electron chi connectivity index (χ0n) is 8.67. The number of halogens is 4. The molecule has 0 aliphatic heterocycles. The van der Waals surface area contributed by atoms with E-state index >= 15 is 0 Å². The number of carbonyl (C=O) groups is 1. The first-order valence-electron chi connectivity index (χ1n) is 4.84. The Balaban J connectivity index is 2.53. The molecule has 1 rings (SSSR count). The first-order valence-corrected chi connectivity index (χ1v) is 6.35. The van der Waals surface area contributed by atoms with Gasteiger partial charge < -0.3 is 5.11 Å². The quantitative estimate of drug-likeness (QED) is 0.672. The van der Waals surface area contributed by atoms with E-state index in [2.05, 4.69) is 0 Å². The van der Waals surface area contributed by atoms with Crippen LogP contribution in [0.15, 0.2) is 24.3 Å². The largest absolute Gasteiger partial charge is 0.389 e. The van der Waals surface area contributed by atoms with Crippen LogP contribution in [-0.2, 0) is 0 Å². The number of ketones is 1. The second-order valence-corrected chi connectivity index (χ2v) is 6.33. The minimum absolute atomic E-state index is 0.0952. The average Bonchev–Trinajstić information content (AvgIpc) is 2.25. The predicted molar refractivity (Wildman–Crippen MR) is 71.3 cm³/mol. The van der Waals surface area contributed by atoms with Crippen LogP contribution in [0.25, 0.3) is 0 Å². The van der Waals surface area contributed by atoms with Gasteiger partial charge in [0.2, 0.25) is 3.79 Å². The van der Waals surface area contributed by atoms with Crippen molar-refractivity contribution in [3.63, 3.8) is 0 Å². The molecule has 0 saturated heterocycles. The van der Waals surface area contributed by atoms with Gasteiger partial charge in [-0.25, -0.2) is 0 Å². The smallest absolute Gasteiger partial charge is 0.216 e. The summed E-state index contributed by atoms with van der Waals surface area (Å²) >= 11 is 22.2. The molecule has 0 spiro atoms. The highest BCUT2D eigenvalue weighted by atomic mass is 35.6. The van der Waals surface area contributed by atoms with Crippen molar-refractivity contribution in [1.82, 2.24) is 0 Å². The number of aliphatic hydroxyl groups excluding tert-OH is 1. The van der Waals surface area contributed by atoms with Gasteiger partial charge in [-0.1, -0.05) is 46.4 Å². The molecule has 1 aromatic rings. The van der Waals surface area contributed by atoms with Gasteiger partial charge in [0, 0.05) is 17.0 Å². The molecule has 1 N–H and O–H groups in total. The molecule has 2 nitrogen and oxygen atoms in total. The minimum atomic E-state index is -1.76. The van der Waals surface area contributed by atoms with Crippen LogP contribution in [-0.4, -0.2) is 20.8 Å². The molecule has 6 heteroatoms. The number of benzene rings is 1. The van der Waals surface area contributed by atoms with Crippen molar-refractivity contribution in [1.29, 1.82) is 0 Å². The Morgan fingerprint density at radius 3 is 2.24 bits per heavy atom. The van der Waals surface area contributed by atoms with Crippen molar-refractivity contribution in [2.45, 2.75) is 22.7 Å². The molecule has 0 aliphatic carbocycles. The van der Waals surface area contributed by atoms with E-state index in [4.69, 9.17) is 46.4 Å². The topological polar surface area (TPSA) is 37.3 Å². The van der Waals surface area contributed by atoms with E-state index in [1.807, 2.05) is 0 Å². The predicted octanol–water partition coefficient (Wildman–Crippen LogP) is 4.03. The number of rotatable bonds is 4. The third kappa shape index (κ3) is 5.02. The Morgan fingerprint density at radius 1 is 1.24 bits per heavy atom. The number of carbonyl (C=O) groups excluding carboxylic acids is 1. The summed E-state index contributed by atoms with van der Waals surface area (Å²) in [6.45, 7) is 0. The zero-order valence-corrected chi connectivity index (χ0v) is 11.7. The highest BCUT2D eigenvalue weighted by Gasteiger charge is 2.30. The lowest BCUT2D eigenvalue weighted by Crippen LogP contribution is -2.25. The van der Waals surface area contributed by atoms with E-state index in [0.29, 0.717) is 10.6 Å². The molecular weight excluding hydrogens is 306 g/mol. The Kier molecular flexibility index (Phi) is 5.55. The molecule has 17 heavy (non-hydrogen) atoms. The van der Waals surface area contributed by atoms with Gasteiger partial charge in [-0.05, 0) is 30.7 Å². The highest BCUT2D eigenvalue weighted by Crippen LogP contribution is 2.32. The monoisotopic (exact) mass is 314 g/mol. The maximum absolute atomic E-state index is 11.7. The van der Waals surface area contributed by atoms with Crippen molar-refractivity contribution in [3.05, 3.63) is 34.9 Å². The summed E-state index contributed by atoms with van der Waals surface area (Å²) in [6, 6.07) is 6.49. The Morgan fingerprint density at radius 2 is 1.76 bits per heavy atom. The Hall–Kier alpha value is 0.01000. The zero-order chi connectivity index (χ0) is 13.1. The van der Waals surface area contributed by atoms with Crippen molar-refractivity contribution in [2.75, 3.05) is 0 Å². The van der Waals surface area contributed by atoms with Crippen LogP contribution in [0.3, 0.4) is 0 Å². The van der Waals surface area contributed by atoms with Gasteiger partial charge >= 0.3 is 0 Å². The van der Waals surface area contributed by atoms with Gasteiger partial charge in [0.15, 0.2) is 5.78 Å². The number of aliphatic hydroxyl groups is 1. The van der Waals surface area contributed by atoms with Crippen molar-refractivity contribution >= 4 is 52.2 Å². The third-order valence-electron chi connectivity index (χ3n) is 2.19. The summed E-state index contributed by atoms with van der Waals surface area (Å²) in [4.78, 5) is 11.7. The molecule has 0 radical (unpaired) electrons. The molecule has 0 aliphatic rings. The van der Waals surface area contributed by atoms with Gasteiger partial charge in [-0.15, -0.1) is 0 Å². The van der Waals surface area contributed by atoms with E-state index in [0.717, 1.165) is 0 Å². The highest BCUT2D eigenvalue weighted by molar-refractivity contribution is 6.68. The summed E-state index contributed by atoms with van der Waals surface area (Å²) in [5, 5.41) is 10.0. The molecule has 0 amide bonds. The summed E-state index contributed by atoms with van der Waals surface area (Å²) < 4.78 is -1.76. The Labute approximate surface area is 119 Å². The molecule has 94 valence electrons. The fraction of sp³-hybridized carbons (Fsp3) is 0.364. The maximum Gasteiger partial charge on any atom is 0.216 e. The second-order valence-electron chi connectivity index (χ2n) is 3.53. The molecule has 0 aromatic heterocycles. The van der Waals surface area contributed by atoms with Gasteiger partial charge in [-0.3, -0.25) is 4.79 Å². The van der Waals surface area contributed by atoms with Crippen LogP contribution >= 0.6 is 46.4 Å². The molecule has 0 saturated carbocycles. The van der Waals surface area contributed by atoms with E-state index < -0.39 is 9.90 Å². The lowest BCUT2D eigenvalue weighted by atomic mass is 10.1. The Bertz CT molecular complexity index is 383. The van der Waals surface area contributed by atoms with Crippen LogP contribution in [0.2, 0.25) is 5.02 Å². The lowest BCUT2D eigenvalue weighted by molar-refractivity contribution is 0.0942. The third-order valence-corrected chi connectivity index (χ3v) is 3.20. The van der Waals surface area contributed by atoms with Crippen molar-refractivity contribution in [2.24, 2.45) is 0 Å². The molecule has 1 unspecified atom stereocenters. The number of Topliss-reactive ketones (excluding diaryl/α,β-unsaturated/α-hetero) is 1. The molecule has 0 bridgehead atoms. The summed E-state index contributed by atoms with van der Waals surface area (Å²) in [5.41, 5.74) is 0.519. The maximum atomic E-state index is 11.7. The SMILES string of the molecule is O=C(CCC(O)C(Cl)(Cl)Cl)c1ccc(Cl)cc1. The van der Waals surface area contributed by atoms with E-state index in [-0.39, 0.29) is 18.6 Å². The molecule has 1 atom stereocenters. The van der Waals surface area contributed by atoms with Gasteiger partial charge in [0.05, 0.1) is 0 Å². The summed E-state index contributed by atoms with van der Waals surface area (Å²) in [5.74, 6) is -0.130. The first kappa shape index (κ1) is 15.1.